The second-order valence-corrected chi connectivity index (χ2v) is 5.52. The highest BCUT2D eigenvalue weighted by atomic mass is 19.1. The minimum absolute atomic E-state index is 0.00540. The summed E-state index contributed by atoms with van der Waals surface area (Å²) >= 11 is 0. The molecule has 0 aromatic heterocycles. The molecular weight excluding hydrogens is 325 g/mol. The Morgan fingerprint density at radius 3 is 2.60 bits per heavy atom. The summed E-state index contributed by atoms with van der Waals surface area (Å²) in [6.07, 6.45) is 0.00540. The van der Waals surface area contributed by atoms with Crippen molar-refractivity contribution in [2.24, 2.45) is 0 Å². The average Bonchev–Trinajstić information content (AvgIpc) is 2.59. The van der Waals surface area contributed by atoms with Crippen molar-refractivity contribution in [3.63, 3.8) is 0 Å². The van der Waals surface area contributed by atoms with Gasteiger partial charge in [-0.25, -0.2) is 4.39 Å². The van der Waals surface area contributed by atoms with Crippen LogP contribution in [0.15, 0.2) is 42.5 Å². The third-order valence-electron chi connectivity index (χ3n) is 3.57. The lowest BCUT2D eigenvalue weighted by molar-refractivity contribution is -0.147. The van der Waals surface area contributed by atoms with Crippen molar-refractivity contribution in [1.29, 1.82) is 0 Å². The summed E-state index contributed by atoms with van der Waals surface area (Å²) < 4.78 is 23.6. The van der Waals surface area contributed by atoms with Gasteiger partial charge in [-0.3, -0.25) is 9.59 Å². The molecule has 0 aliphatic carbocycles. The van der Waals surface area contributed by atoms with E-state index in [9.17, 15) is 14.0 Å². The minimum atomic E-state index is -0.537. The van der Waals surface area contributed by atoms with Gasteiger partial charge >= 0.3 is 5.97 Å². The van der Waals surface area contributed by atoms with Gasteiger partial charge in [-0.1, -0.05) is 35.9 Å². The van der Waals surface area contributed by atoms with Gasteiger partial charge in [-0.2, -0.15) is 0 Å². The molecule has 0 saturated carbocycles. The van der Waals surface area contributed by atoms with Crippen LogP contribution in [-0.2, 0) is 27.3 Å². The van der Waals surface area contributed by atoms with Crippen LogP contribution in [0.5, 0.6) is 5.75 Å². The Hall–Kier alpha value is -2.89. The van der Waals surface area contributed by atoms with Gasteiger partial charge in [-0.05, 0) is 19.1 Å². The first-order valence-electron chi connectivity index (χ1n) is 7.79. The molecule has 0 aliphatic heterocycles. The Balaban J connectivity index is 1.81. The van der Waals surface area contributed by atoms with E-state index in [0.717, 1.165) is 5.56 Å². The Bertz CT molecular complexity index is 761. The number of esters is 1. The fraction of sp³-hybridized carbons (Fsp3) is 0.263. The van der Waals surface area contributed by atoms with Crippen molar-refractivity contribution in [2.45, 2.75) is 19.9 Å². The van der Waals surface area contributed by atoms with Crippen LogP contribution in [0, 0.1) is 12.7 Å². The summed E-state index contributed by atoms with van der Waals surface area (Å²) in [5, 5.41) is 2.51. The molecule has 0 unspecified atom stereocenters. The van der Waals surface area contributed by atoms with Gasteiger partial charge in [0.2, 0.25) is 0 Å². The zero-order chi connectivity index (χ0) is 18.2. The molecule has 0 radical (unpaired) electrons. The standard InChI is InChI=1S/C19H20FNO4/c1-13-7-8-17(24-2)15(9-13)10-19(23)25-12-18(22)21-11-14-5-3-4-6-16(14)20/h3-9H,10-12H2,1-2H3,(H,21,22). The van der Waals surface area contributed by atoms with Crippen LogP contribution in [0.3, 0.4) is 0 Å². The molecule has 5 nitrogen and oxygen atoms in total. The zero-order valence-electron chi connectivity index (χ0n) is 14.2. The predicted molar refractivity (Wildman–Crippen MR) is 90.6 cm³/mol. The highest BCUT2D eigenvalue weighted by molar-refractivity contribution is 5.81. The smallest absolute Gasteiger partial charge is 0.310 e. The van der Waals surface area contributed by atoms with E-state index in [2.05, 4.69) is 5.32 Å². The quantitative estimate of drug-likeness (QED) is 0.783. The molecule has 132 valence electrons. The number of rotatable bonds is 7. The number of hydrogen-bond acceptors (Lipinski definition) is 4. The topological polar surface area (TPSA) is 64.6 Å². The number of carbonyl (C=O) groups excluding carboxylic acids is 2. The van der Waals surface area contributed by atoms with Gasteiger partial charge in [0.15, 0.2) is 6.61 Å². The normalized spacial score (nSPS) is 10.2. The Morgan fingerprint density at radius 2 is 1.88 bits per heavy atom. The first-order valence-corrected chi connectivity index (χ1v) is 7.79. The van der Waals surface area contributed by atoms with E-state index < -0.39 is 24.3 Å². The van der Waals surface area contributed by atoms with Crippen molar-refractivity contribution in [1.82, 2.24) is 5.32 Å². The molecule has 0 spiro atoms. The maximum atomic E-state index is 13.5. The second-order valence-electron chi connectivity index (χ2n) is 5.52. The average molecular weight is 345 g/mol. The number of hydrogen-bond donors (Lipinski definition) is 1. The van der Waals surface area contributed by atoms with Gasteiger partial charge in [0.25, 0.3) is 5.91 Å². The molecule has 25 heavy (non-hydrogen) atoms. The fourth-order valence-corrected chi connectivity index (χ4v) is 2.28. The molecule has 1 amide bonds. The molecule has 0 aliphatic rings. The lowest BCUT2D eigenvalue weighted by atomic mass is 10.1. The SMILES string of the molecule is COc1ccc(C)cc1CC(=O)OCC(=O)NCc1ccccc1F. The van der Waals surface area contributed by atoms with E-state index in [0.29, 0.717) is 16.9 Å². The number of ether oxygens (including phenoxy) is 2. The van der Waals surface area contributed by atoms with Gasteiger partial charge in [-0.15, -0.1) is 0 Å². The number of aryl methyl sites for hydroxylation is 1. The van der Waals surface area contributed by atoms with Gasteiger partial charge < -0.3 is 14.8 Å². The van der Waals surface area contributed by atoms with Gasteiger partial charge in [0.1, 0.15) is 11.6 Å². The van der Waals surface area contributed by atoms with Crippen molar-refractivity contribution in [2.75, 3.05) is 13.7 Å². The summed E-state index contributed by atoms with van der Waals surface area (Å²) in [7, 11) is 1.52. The van der Waals surface area contributed by atoms with Crippen molar-refractivity contribution in [3.05, 3.63) is 65.0 Å². The van der Waals surface area contributed by atoms with E-state index in [1.54, 1.807) is 24.3 Å². The zero-order valence-corrected chi connectivity index (χ0v) is 14.2. The molecule has 0 fully saturated rings. The predicted octanol–water partition coefficient (Wildman–Crippen LogP) is 2.54. The molecule has 0 bridgehead atoms. The van der Waals surface area contributed by atoms with Crippen molar-refractivity contribution < 1.29 is 23.5 Å². The third kappa shape index (κ3) is 5.60. The van der Waals surface area contributed by atoms with E-state index in [4.69, 9.17) is 9.47 Å². The Morgan fingerprint density at radius 1 is 1.12 bits per heavy atom. The molecule has 0 heterocycles. The van der Waals surface area contributed by atoms with Crippen LogP contribution in [-0.4, -0.2) is 25.6 Å². The van der Waals surface area contributed by atoms with Crippen LogP contribution in [0.2, 0.25) is 0 Å². The minimum Gasteiger partial charge on any atom is -0.496 e. The lowest BCUT2D eigenvalue weighted by Crippen LogP contribution is -2.29. The second kappa shape index (κ2) is 8.82. The first-order chi connectivity index (χ1) is 12.0. The molecule has 2 aromatic rings. The Labute approximate surface area is 145 Å². The molecular formula is C19H20FNO4. The highest BCUT2D eigenvalue weighted by Gasteiger charge is 2.12. The van der Waals surface area contributed by atoms with Crippen LogP contribution in [0.25, 0.3) is 0 Å². The highest BCUT2D eigenvalue weighted by Crippen LogP contribution is 2.20. The van der Waals surface area contributed by atoms with Crippen LogP contribution in [0.1, 0.15) is 16.7 Å². The molecule has 0 atom stereocenters. The number of benzene rings is 2. The van der Waals surface area contributed by atoms with Gasteiger partial charge in [0, 0.05) is 17.7 Å². The first kappa shape index (κ1) is 18.4. The van der Waals surface area contributed by atoms with E-state index in [-0.39, 0.29) is 13.0 Å². The summed E-state index contributed by atoms with van der Waals surface area (Å²) in [6, 6.07) is 11.6. The number of methoxy groups -OCH3 is 1. The Kier molecular flexibility index (Phi) is 6.51. The van der Waals surface area contributed by atoms with E-state index in [1.807, 2.05) is 19.1 Å². The molecule has 0 saturated heterocycles. The van der Waals surface area contributed by atoms with Crippen LogP contribution in [0.4, 0.5) is 4.39 Å². The molecule has 6 heteroatoms. The number of amides is 1. The number of carbonyl (C=O) groups is 2. The maximum Gasteiger partial charge on any atom is 0.310 e. The van der Waals surface area contributed by atoms with Crippen LogP contribution < -0.4 is 10.1 Å². The lowest BCUT2D eigenvalue weighted by Gasteiger charge is -2.10. The maximum absolute atomic E-state index is 13.5. The van der Waals surface area contributed by atoms with Gasteiger partial charge in [0.05, 0.1) is 13.5 Å². The van der Waals surface area contributed by atoms with E-state index >= 15 is 0 Å². The summed E-state index contributed by atoms with van der Waals surface area (Å²) in [6.45, 7) is 1.53. The molecule has 2 aromatic carbocycles. The van der Waals surface area contributed by atoms with E-state index in [1.165, 1.54) is 13.2 Å². The molecule has 1 N–H and O–H groups in total. The summed E-state index contributed by atoms with van der Waals surface area (Å²) in [5.74, 6) is -0.837. The summed E-state index contributed by atoms with van der Waals surface area (Å²) in [4.78, 5) is 23.6. The molecule has 2 rings (SSSR count). The largest absolute Gasteiger partial charge is 0.496 e. The third-order valence-corrected chi connectivity index (χ3v) is 3.57. The van der Waals surface area contributed by atoms with Crippen LogP contribution >= 0.6 is 0 Å². The fourth-order valence-electron chi connectivity index (χ4n) is 2.28. The van der Waals surface area contributed by atoms with Crippen molar-refractivity contribution >= 4 is 11.9 Å². The number of nitrogens with one attached hydrogen (secondary N) is 1. The summed E-state index contributed by atoms with van der Waals surface area (Å²) in [5.41, 5.74) is 2.05. The number of halogens is 1. The monoisotopic (exact) mass is 345 g/mol. The van der Waals surface area contributed by atoms with Crippen molar-refractivity contribution in [3.8, 4) is 5.75 Å².